The minimum absolute atomic E-state index is 0.0520. The lowest BCUT2D eigenvalue weighted by molar-refractivity contribution is -0.145. The van der Waals surface area contributed by atoms with Crippen LogP contribution in [0.1, 0.15) is 13.8 Å². The number of sulfone groups is 1. The molecule has 0 bridgehead atoms. The molecular formula is C12H17NO4S. The summed E-state index contributed by atoms with van der Waals surface area (Å²) in [5.41, 5.74) is 0.670. The fourth-order valence-electron chi connectivity index (χ4n) is 1.30. The Labute approximate surface area is 107 Å². The highest BCUT2D eigenvalue weighted by molar-refractivity contribution is 7.90. The lowest BCUT2D eigenvalue weighted by Gasteiger charge is -2.09. The Bertz CT molecular complexity index is 505. The second-order valence-electron chi connectivity index (χ2n) is 4.19. The van der Waals surface area contributed by atoms with Crippen molar-refractivity contribution in [2.75, 3.05) is 18.1 Å². The summed E-state index contributed by atoms with van der Waals surface area (Å²) >= 11 is 0. The third kappa shape index (κ3) is 4.75. The lowest BCUT2D eigenvalue weighted by atomic mass is 10.3. The van der Waals surface area contributed by atoms with Crippen molar-refractivity contribution in [3.8, 4) is 0 Å². The lowest BCUT2D eigenvalue weighted by Crippen LogP contribution is -2.20. The van der Waals surface area contributed by atoms with Gasteiger partial charge in [0.05, 0.1) is 11.0 Å². The van der Waals surface area contributed by atoms with Crippen LogP contribution in [-0.2, 0) is 19.4 Å². The van der Waals surface area contributed by atoms with Crippen LogP contribution in [-0.4, -0.2) is 33.3 Å². The normalized spacial score (nSPS) is 11.3. The van der Waals surface area contributed by atoms with Crippen LogP contribution in [0.25, 0.3) is 0 Å². The molecule has 0 aliphatic rings. The second kappa shape index (κ2) is 5.86. The number of esters is 1. The van der Waals surface area contributed by atoms with E-state index < -0.39 is 9.84 Å². The zero-order chi connectivity index (χ0) is 13.8. The van der Waals surface area contributed by atoms with Crippen molar-refractivity contribution in [1.82, 2.24) is 0 Å². The summed E-state index contributed by atoms with van der Waals surface area (Å²) in [4.78, 5) is 11.5. The quantitative estimate of drug-likeness (QED) is 0.821. The largest absolute Gasteiger partial charge is 0.462 e. The number of anilines is 1. The fraction of sp³-hybridized carbons (Fsp3) is 0.417. The Balaban J connectivity index is 2.57. The van der Waals surface area contributed by atoms with E-state index in [2.05, 4.69) is 5.32 Å². The number of benzene rings is 1. The average Bonchev–Trinajstić information content (AvgIpc) is 2.25. The third-order valence-corrected chi connectivity index (χ3v) is 3.21. The van der Waals surface area contributed by atoms with Gasteiger partial charge in [0.15, 0.2) is 9.84 Å². The first-order valence-corrected chi connectivity index (χ1v) is 7.41. The Morgan fingerprint density at radius 1 is 1.28 bits per heavy atom. The molecule has 100 valence electrons. The molecule has 5 nitrogen and oxygen atoms in total. The second-order valence-corrected chi connectivity index (χ2v) is 6.20. The molecule has 0 atom stereocenters. The Morgan fingerprint density at radius 3 is 2.28 bits per heavy atom. The molecule has 0 saturated heterocycles. The molecular weight excluding hydrogens is 254 g/mol. The highest BCUT2D eigenvalue weighted by atomic mass is 32.2. The fourth-order valence-corrected chi connectivity index (χ4v) is 1.93. The molecule has 18 heavy (non-hydrogen) atoms. The van der Waals surface area contributed by atoms with Crippen molar-refractivity contribution in [1.29, 1.82) is 0 Å². The highest BCUT2D eigenvalue weighted by Crippen LogP contribution is 2.13. The summed E-state index contributed by atoms with van der Waals surface area (Å²) in [7, 11) is -3.19. The van der Waals surface area contributed by atoms with Gasteiger partial charge < -0.3 is 10.1 Å². The monoisotopic (exact) mass is 271 g/mol. The van der Waals surface area contributed by atoms with Gasteiger partial charge in [-0.25, -0.2) is 8.42 Å². The molecule has 1 aromatic carbocycles. The molecule has 0 unspecified atom stereocenters. The molecule has 0 aromatic heterocycles. The minimum Gasteiger partial charge on any atom is -0.462 e. The van der Waals surface area contributed by atoms with E-state index >= 15 is 0 Å². The number of carbonyl (C=O) groups is 1. The standard InChI is InChI=1S/C12H17NO4S/c1-9(2)17-12(14)8-13-10-4-6-11(7-5-10)18(3,15)16/h4-7,9,13H,8H2,1-3H3. The Hall–Kier alpha value is -1.56. The van der Waals surface area contributed by atoms with Gasteiger partial charge in [-0.1, -0.05) is 0 Å². The first kappa shape index (κ1) is 14.5. The van der Waals surface area contributed by atoms with Crippen LogP contribution < -0.4 is 5.32 Å². The van der Waals surface area contributed by atoms with Crippen molar-refractivity contribution < 1.29 is 17.9 Å². The van der Waals surface area contributed by atoms with Gasteiger partial charge in [-0.3, -0.25) is 4.79 Å². The smallest absolute Gasteiger partial charge is 0.325 e. The maximum absolute atomic E-state index is 11.3. The number of nitrogens with one attached hydrogen (secondary N) is 1. The molecule has 6 heteroatoms. The van der Waals surface area contributed by atoms with E-state index in [-0.39, 0.29) is 23.5 Å². The first-order valence-electron chi connectivity index (χ1n) is 5.52. The Kier molecular flexibility index (Phi) is 4.72. The molecule has 1 N–H and O–H groups in total. The van der Waals surface area contributed by atoms with E-state index in [0.29, 0.717) is 5.69 Å². The van der Waals surface area contributed by atoms with Crippen molar-refractivity contribution >= 4 is 21.5 Å². The van der Waals surface area contributed by atoms with E-state index in [1.54, 1.807) is 26.0 Å². The molecule has 0 heterocycles. The molecule has 0 aliphatic heterocycles. The van der Waals surface area contributed by atoms with Gasteiger partial charge in [0.2, 0.25) is 0 Å². The van der Waals surface area contributed by atoms with Gasteiger partial charge in [-0.15, -0.1) is 0 Å². The summed E-state index contributed by atoms with van der Waals surface area (Å²) < 4.78 is 27.4. The van der Waals surface area contributed by atoms with Crippen LogP contribution in [0.15, 0.2) is 29.2 Å². The van der Waals surface area contributed by atoms with Crippen molar-refractivity contribution in [3.63, 3.8) is 0 Å². The summed E-state index contributed by atoms with van der Waals surface area (Å²) in [5, 5.41) is 2.86. The number of ether oxygens (including phenoxy) is 1. The van der Waals surface area contributed by atoms with Crippen LogP contribution >= 0.6 is 0 Å². The summed E-state index contributed by atoms with van der Waals surface area (Å²) in [6.07, 6.45) is 1.00. The maximum atomic E-state index is 11.3. The molecule has 0 radical (unpaired) electrons. The van der Waals surface area contributed by atoms with Crippen molar-refractivity contribution in [2.24, 2.45) is 0 Å². The van der Waals surface area contributed by atoms with Gasteiger partial charge >= 0.3 is 5.97 Å². The molecule has 0 aliphatic carbocycles. The Morgan fingerprint density at radius 2 is 1.83 bits per heavy atom. The van der Waals surface area contributed by atoms with E-state index in [1.807, 2.05) is 0 Å². The van der Waals surface area contributed by atoms with Crippen molar-refractivity contribution in [3.05, 3.63) is 24.3 Å². The highest BCUT2D eigenvalue weighted by Gasteiger charge is 2.07. The van der Waals surface area contributed by atoms with Crippen LogP contribution in [0.5, 0.6) is 0 Å². The first-order chi connectivity index (χ1) is 8.29. The van der Waals surface area contributed by atoms with Gasteiger partial charge in [-0.05, 0) is 38.1 Å². The number of rotatable bonds is 5. The van der Waals surface area contributed by atoms with Crippen molar-refractivity contribution in [2.45, 2.75) is 24.8 Å². The van der Waals surface area contributed by atoms with Crippen LogP contribution in [0.3, 0.4) is 0 Å². The number of hydrogen-bond donors (Lipinski definition) is 1. The number of hydrogen-bond acceptors (Lipinski definition) is 5. The van der Waals surface area contributed by atoms with E-state index in [9.17, 15) is 13.2 Å². The third-order valence-electron chi connectivity index (χ3n) is 2.09. The maximum Gasteiger partial charge on any atom is 0.325 e. The molecule has 1 rings (SSSR count). The molecule has 0 amide bonds. The van der Waals surface area contributed by atoms with Crippen LogP contribution in [0.2, 0.25) is 0 Å². The summed E-state index contributed by atoms with van der Waals surface area (Å²) in [6, 6.07) is 6.20. The van der Waals surface area contributed by atoms with E-state index in [1.165, 1.54) is 12.1 Å². The SMILES string of the molecule is CC(C)OC(=O)CNc1ccc(S(C)(=O)=O)cc1. The summed E-state index contributed by atoms with van der Waals surface area (Å²) in [6.45, 7) is 3.61. The van der Waals surface area contributed by atoms with Gasteiger partial charge in [0.25, 0.3) is 0 Å². The summed E-state index contributed by atoms with van der Waals surface area (Å²) in [5.74, 6) is -0.350. The minimum atomic E-state index is -3.19. The molecule has 1 aromatic rings. The predicted octanol–water partition coefficient (Wildman–Crippen LogP) is 1.45. The van der Waals surface area contributed by atoms with Gasteiger partial charge in [0, 0.05) is 11.9 Å². The van der Waals surface area contributed by atoms with Gasteiger partial charge in [-0.2, -0.15) is 0 Å². The van der Waals surface area contributed by atoms with E-state index in [4.69, 9.17) is 4.74 Å². The van der Waals surface area contributed by atoms with Crippen LogP contribution in [0, 0.1) is 0 Å². The zero-order valence-corrected chi connectivity index (χ0v) is 11.5. The zero-order valence-electron chi connectivity index (χ0n) is 10.6. The predicted molar refractivity (Wildman–Crippen MR) is 69.3 cm³/mol. The topological polar surface area (TPSA) is 72.5 Å². The van der Waals surface area contributed by atoms with Gasteiger partial charge in [0.1, 0.15) is 6.54 Å². The molecule has 0 spiro atoms. The average molecular weight is 271 g/mol. The molecule has 0 fully saturated rings. The number of carbonyl (C=O) groups excluding carboxylic acids is 1. The van der Waals surface area contributed by atoms with E-state index in [0.717, 1.165) is 6.26 Å². The molecule has 0 saturated carbocycles. The van der Waals surface area contributed by atoms with Crippen LogP contribution in [0.4, 0.5) is 5.69 Å².